The van der Waals surface area contributed by atoms with E-state index in [0.29, 0.717) is 13.1 Å². The maximum absolute atomic E-state index is 12.0. The number of amides is 1. The molecule has 0 aromatic heterocycles. The van der Waals surface area contributed by atoms with Crippen LogP contribution in [-0.2, 0) is 4.74 Å². The molecule has 0 radical (unpaired) electrons. The van der Waals surface area contributed by atoms with Crippen LogP contribution in [-0.4, -0.2) is 54.5 Å². The number of nitrogens with one attached hydrogen (secondary N) is 1. The summed E-state index contributed by atoms with van der Waals surface area (Å²) in [6.07, 6.45) is 4.68. The summed E-state index contributed by atoms with van der Waals surface area (Å²) in [5.41, 5.74) is 0.859. The van der Waals surface area contributed by atoms with Gasteiger partial charge in [0.25, 0.3) is 0 Å². The molecule has 1 aliphatic rings. The van der Waals surface area contributed by atoms with Gasteiger partial charge in [-0.25, -0.2) is 4.79 Å². The average molecular weight is 326 g/mol. The first-order valence-corrected chi connectivity index (χ1v) is 8.72. The molecule has 0 atom stereocenters. The first kappa shape index (κ1) is 20.0. The molecule has 1 heterocycles. The fourth-order valence-electron chi connectivity index (χ4n) is 2.63. The second-order valence-electron chi connectivity index (χ2n) is 7.51. The zero-order chi connectivity index (χ0) is 17.5. The molecule has 0 bridgehead atoms. The summed E-state index contributed by atoms with van der Waals surface area (Å²) in [5, 5.41) is 13.1. The topological polar surface area (TPSA) is 61.8 Å². The largest absolute Gasteiger partial charge is 0.444 e. The number of aliphatic hydroxyl groups excluding tert-OH is 1. The van der Waals surface area contributed by atoms with Gasteiger partial charge in [-0.15, -0.1) is 0 Å². The van der Waals surface area contributed by atoms with Gasteiger partial charge in [-0.2, -0.15) is 0 Å². The third kappa shape index (κ3) is 6.51. The summed E-state index contributed by atoms with van der Waals surface area (Å²) >= 11 is 0. The number of carbonyl (C=O) groups excluding carboxylic acids is 1. The zero-order valence-electron chi connectivity index (χ0n) is 15.4. The second kappa shape index (κ2) is 8.69. The van der Waals surface area contributed by atoms with Gasteiger partial charge in [0.2, 0.25) is 0 Å². The number of aliphatic hydroxyl groups is 1. The Morgan fingerprint density at radius 1 is 1.35 bits per heavy atom. The molecule has 134 valence electrons. The maximum Gasteiger partial charge on any atom is 0.410 e. The van der Waals surface area contributed by atoms with Gasteiger partial charge in [0.05, 0.1) is 0 Å². The molecule has 1 amide bonds. The van der Waals surface area contributed by atoms with E-state index in [1.165, 1.54) is 5.57 Å². The Morgan fingerprint density at radius 2 is 2.00 bits per heavy atom. The molecule has 2 N–H and O–H groups in total. The molecule has 5 nitrogen and oxygen atoms in total. The van der Waals surface area contributed by atoms with Crippen LogP contribution < -0.4 is 5.32 Å². The van der Waals surface area contributed by atoms with Gasteiger partial charge in [-0.1, -0.05) is 25.5 Å². The molecule has 0 unspecified atom stereocenters. The normalized spacial score (nSPS) is 16.3. The van der Waals surface area contributed by atoms with Crippen LogP contribution in [0.3, 0.4) is 0 Å². The molecule has 0 saturated carbocycles. The SMILES string of the molecule is CCC(CC)(CO)CNCC1=CCN(C(=O)OC(C)(C)C)CC1. The van der Waals surface area contributed by atoms with Crippen LogP contribution in [0, 0.1) is 5.41 Å². The highest BCUT2D eigenvalue weighted by atomic mass is 16.6. The van der Waals surface area contributed by atoms with Crippen molar-refractivity contribution in [3.05, 3.63) is 11.6 Å². The lowest BCUT2D eigenvalue weighted by Gasteiger charge is -2.31. The molecule has 0 fully saturated rings. The summed E-state index contributed by atoms with van der Waals surface area (Å²) in [7, 11) is 0. The smallest absolute Gasteiger partial charge is 0.410 e. The molecule has 1 aliphatic heterocycles. The molecule has 0 spiro atoms. The summed E-state index contributed by atoms with van der Waals surface area (Å²) in [6, 6.07) is 0. The van der Waals surface area contributed by atoms with Crippen LogP contribution >= 0.6 is 0 Å². The van der Waals surface area contributed by atoms with E-state index in [4.69, 9.17) is 4.74 Å². The minimum Gasteiger partial charge on any atom is -0.444 e. The van der Waals surface area contributed by atoms with Gasteiger partial charge in [0.15, 0.2) is 0 Å². The van der Waals surface area contributed by atoms with Gasteiger partial charge in [-0.3, -0.25) is 0 Å². The Morgan fingerprint density at radius 3 is 2.43 bits per heavy atom. The third-order valence-corrected chi connectivity index (χ3v) is 4.64. The maximum atomic E-state index is 12.0. The second-order valence-corrected chi connectivity index (χ2v) is 7.51. The molecule has 23 heavy (non-hydrogen) atoms. The number of rotatable bonds is 7. The summed E-state index contributed by atoms with van der Waals surface area (Å²) in [5.74, 6) is 0. The average Bonchev–Trinajstić information content (AvgIpc) is 2.51. The van der Waals surface area contributed by atoms with Crippen molar-refractivity contribution >= 4 is 6.09 Å². The number of hydrogen-bond acceptors (Lipinski definition) is 4. The summed E-state index contributed by atoms with van der Waals surface area (Å²) in [4.78, 5) is 13.8. The first-order valence-electron chi connectivity index (χ1n) is 8.72. The molecule has 0 aromatic rings. The lowest BCUT2D eigenvalue weighted by atomic mass is 9.83. The van der Waals surface area contributed by atoms with Gasteiger partial charge < -0.3 is 20.1 Å². The van der Waals surface area contributed by atoms with E-state index >= 15 is 0 Å². The van der Waals surface area contributed by atoms with Gasteiger partial charge in [0.1, 0.15) is 5.60 Å². The van der Waals surface area contributed by atoms with Crippen molar-refractivity contribution in [2.45, 2.75) is 59.5 Å². The fourth-order valence-corrected chi connectivity index (χ4v) is 2.63. The van der Waals surface area contributed by atoms with Crippen LogP contribution in [0.1, 0.15) is 53.9 Å². The van der Waals surface area contributed by atoms with E-state index in [-0.39, 0.29) is 18.1 Å². The molecule has 5 heteroatoms. The number of nitrogens with zero attached hydrogens (tertiary/aromatic N) is 1. The van der Waals surface area contributed by atoms with Gasteiger partial charge in [0, 0.05) is 38.2 Å². The van der Waals surface area contributed by atoms with Crippen molar-refractivity contribution in [3.63, 3.8) is 0 Å². The first-order chi connectivity index (χ1) is 10.7. The van der Waals surface area contributed by atoms with E-state index in [2.05, 4.69) is 25.2 Å². The predicted octanol–water partition coefficient (Wildman–Crippen LogP) is 2.94. The fraction of sp³-hybridized carbons (Fsp3) is 0.833. The highest BCUT2D eigenvalue weighted by Gasteiger charge is 2.26. The molecular formula is C18H34N2O3. The molecule has 0 saturated heterocycles. The lowest BCUT2D eigenvalue weighted by molar-refractivity contribution is 0.0265. The van der Waals surface area contributed by atoms with Gasteiger partial charge in [-0.05, 0) is 40.0 Å². The van der Waals surface area contributed by atoms with Crippen molar-refractivity contribution in [1.29, 1.82) is 0 Å². The van der Waals surface area contributed by atoms with E-state index < -0.39 is 5.60 Å². The zero-order valence-corrected chi connectivity index (χ0v) is 15.4. The standard InChI is InChI=1S/C18H34N2O3/c1-6-18(7-2,14-21)13-19-12-15-8-10-20(11-9-15)16(22)23-17(3,4)5/h8,19,21H,6-7,9-14H2,1-5H3. The summed E-state index contributed by atoms with van der Waals surface area (Å²) in [6.45, 7) is 13.1. The highest BCUT2D eigenvalue weighted by molar-refractivity contribution is 5.68. The Kier molecular flexibility index (Phi) is 7.55. The van der Waals surface area contributed by atoms with Crippen molar-refractivity contribution < 1.29 is 14.6 Å². The van der Waals surface area contributed by atoms with Crippen LogP contribution in [0.2, 0.25) is 0 Å². The van der Waals surface area contributed by atoms with E-state index in [9.17, 15) is 9.90 Å². The molecule has 0 aromatic carbocycles. The lowest BCUT2D eigenvalue weighted by Crippen LogP contribution is -2.41. The number of ether oxygens (including phenoxy) is 1. The van der Waals surface area contributed by atoms with Crippen LogP contribution in [0.5, 0.6) is 0 Å². The van der Waals surface area contributed by atoms with Crippen LogP contribution in [0.25, 0.3) is 0 Å². The van der Waals surface area contributed by atoms with Crippen LogP contribution in [0.15, 0.2) is 11.6 Å². The van der Waals surface area contributed by atoms with E-state index in [0.717, 1.165) is 32.4 Å². The van der Waals surface area contributed by atoms with Gasteiger partial charge >= 0.3 is 6.09 Å². The highest BCUT2D eigenvalue weighted by Crippen LogP contribution is 2.24. The van der Waals surface area contributed by atoms with Crippen molar-refractivity contribution in [2.75, 3.05) is 32.8 Å². The van der Waals surface area contributed by atoms with Crippen molar-refractivity contribution in [3.8, 4) is 0 Å². The number of hydrogen-bond donors (Lipinski definition) is 2. The van der Waals surface area contributed by atoms with E-state index in [1.807, 2.05) is 20.8 Å². The van der Waals surface area contributed by atoms with E-state index in [1.54, 1.807) is 4.90 Å². The Hall–Kier alpha value is -1.07. The third-order valence-electron chi connectivity index (χ3n) is 4.64. The van der Waals surface area contributed by atoms with Crippen molar-refractivity contribution in [1.82, 2.24) is 10.2 Å². The minimum absolute atomic E-state index is 0.0161. The molecular weight excluding hydrogens is 292 g/mol. The Labute approximate surface area is 141 Å². The minimum atomic E-state index is -0.448. The molecule has 1 rings (SSSR count). The molecule has 0 aliphatic carbocycles. The van der Waals surface area contributed by atoms with Crippen molar-refractivity contribution in [2.24, 2.45) is 5.41 Å². The summed E-state index contributed by atoms with van der Waals surface area (Å²) < 4.78 is 5.40. The predicted molar refractivity (Wildman–Crippen MR) is 93.5 cm³/mol. The Balaban J connectivity index is 2.41. The monoisotopic (exact) mass is 326 g/mol. The number of carbonyl (C=O) groups is 1. The Bertz CT molecular complexity index is 401. The van der Waals surface area contributed by atoms with Crippen LogP contribution in [0.4, 0.5) is 4.79 Å². The quantitative estimate of drug-likeness (QED) is 0.706.